The summed E-state index contributed by atoms with van der Waals surface area (Å²) >= 11 is 0. The summed E-state index contributed by atoms with van der Waals surface area (Å²) < 4.78 is 0. The third kappa shape index (κ3) is 3.98. The van der Waals surface area contributed by atoms with Gasteiger partial charge >= 0.3 is 6.09 Å². The fourth-order valence-electron chi connectivity index (χ4n) is 3.14. The Kier molecular flexibility index (Phi) is 4.97. The summed E-state index contributed by atoms with van der Waals surface area (Å²) in [7, 11) is 0. The number of hydrogen-bond donors (Lipinski definition) is 2. The van der Waals surface area contributed by atoms with Crippen LogP contribution in [0.4, 0.5) is 16.4 Å². The maximum Gasteiger partial charge on any atom is 0.407 e. The van der Waals surface area contributed by atoms with E-state index in [9.17, 15) is 4.79 Å². The number of hydrogen-bond acceptors (Lipinski definition) is 5. The van der Waals surface area contributed by atoms with E-state index in [1.54, 1.807) is 18.6 Å². The van der Waals surface area contributed by atoms with E-state index in [4.69, 9.17) is 5.11 Å². The first-order valence-electron chi connectivity index (χ1n) is 8.97. The zero-order valence-electron chi connectivity index (χ0n) is 15.1. The monoisotopic (exact) mass is 373 g/mol. The molecule has 3 heterocycles. The lowest BCUT2D eigenvalue weighted by atomic mass is 9.97. The van der Waals surface area contributed by atoms with Crippen molar-refractivity contribution in [3.63, 3.8) is 0 Å². The Balaban J connectivity index is 1.56. The summed E-state index contributed by atoms with van der Waals surface area (Å²) in [6.45, 7) is 0.936. The fraction of sp³-hybridized carbons (Fsp3) is 0.143. The van der Waals surface area contributed by atoms with Gasteiger partial charge in [0.1, 0.15) is 11.6 Å². The summed E-state index contributed by atoms with van der Waals surface area (Å²) in [5.74, 6) is 1.33. The Labute approximate surface area is 162 Å². The number of anilines is 2. The van der Waals surface area contributed by atoms with Crippen molar-refractivity contribution in [3.8, 4) is 11.3 Å². The molecule has 0 atom stereocenters. The Morgan fingerprint density at radius 3 is 2.68 bits per heavy atom. The second kappa shape index (κ2) is 7.87. The van der Waals surface area contributed by atoms with E-state index in [1.165, 1.54) is 4.90 Å². The number of rotatable bonds is 4. The number of amides is 1. The summed E-state index contributed by atoms with van der Waals surface area (Å²) in [6, 6.07) is 13.9. The molecule has 1 aromatic carbocycles. The van der Waals surface area contributed by atoms with Gasteiger partial charge in [-0.05, 0) is 35.8 Å². The molecular weight excluding hydrogens is 354 g/mol. The summed E-state index contributed by atoms with van der Waals surface area (Å²) in [4.78, 5) is 25.4. The van der Waals surface area contributed by atoms with Gasteiger partial charge in [-0.3, -0.25) is 4.98 Å². The highest BCUT2D eigenvalue weighted by atomic mass is 16.4. The largest absolute Gasteiger partial charge is 0.465 e. The van der Waals surface area contributed by atoms with Crippen molar-refractivity contribution in [2.24, 2.45) is 0 Å². The first kappa shape index (κ1) is 17.7. The standard InChI is InChI=1S/C21H19N5O2/c27-21(28)26-11-7-15(8-12-26)16-3-1-4-17(13-16)18-5-2-6-19(24-18)25-20-14-22-9-10-23-20/h1-7,9-10,13-14H,8,11-12H2,(H,27,28)(H,23,24,25). The zero-order valence-corrected chi connectivity index (χ0v) is 15.1. The maximum absolute atomic E-state index is 11.1. The van der Waals surface area contributed by atoms with Gasteiger partial charge in [-0.25, -0.2) is 14.8 Å². The van der Waals surface area contributed by atoms with Crippen LogP contribution >= 0.6 is 0 Å². The normalized spacial score (nSPS) is 13.7. The van der Waals surface area contributed by atoms with Crippen LogP contribution in [0.1, 0.15) is 12.0 Å². The Morgan fingerprint density at radius 1 is 1.07 bits per heavy atom. The predicted octanol–water partition coefficient (Wildman–Crippen LogP) is 4.05. The summed E-state index contributed by atoms with van der Waals surface area (Å²) in [6.07, 6.45) is 6.70. The molecular formula is C21H19N5O2. The first-order valence-corrected chi connectivity index (χ1v) is 8.97. The highest BCUT2D eigenvalue weighted by molar-refractivity contribution is 5.74. The van der Waals surface area contributed by atoms with Gasteiger partial charge < -0.3 is 15.3 Å². The average Bonchev–Trinajstić information content (AvgIpc) is 2.75. The van der Waals surface area contributed by atoms with Crippen LogP contribution in [0.25, 0.3) is 16.8 Å². The molecule has 2 N–H and O–H groups in total. The minimum absolute atomic E-state index is 0.421. The quantitative estimate of drug-likeness (QED) is 0.717. The molecule has 0 fully saturated rings. The van der Waals surface area contributed by atoms with Gasteiger partial charge in [-0.2, -0.15) is 0 Å². The van der Waals surface area contributed by atoms with Crippen LogP contribution in [0.15, 0.2) is 67.1 Å². The third-order valence-corrected chi connectivity index (χ3v) is 4.58. The fourth-order valence-corrected chi connectivity index (χ4v) is 3.14. The van der Waals surface area contributed by atoms with Crippen molar-refractivity contribution >= 4 is 23.3 Å². The van der Waals surface area contributed by atoms with Crippen molar-refractivity contribution in [2.45, 2.75) is 6.42 Å². The number of carbonyl (C=O) groups is 1. The highest BCUT2D eigenvalue weighted by Gasteiger charge is 2.17. The molecule has 7 heteroatoms. The molecule has 0 bridgehead atoms. The Hall–Kier alpha value is -3.74. The highest BCUT2D eigenvalue weighted by Crippen LogP contribution is 2.27. The van der Waals surface area contributed by atoms with Crippen molar-refractivity contribution in [1.29, 1.82) is 0 Å². The molecule has 3 aromatic rings. The van der Waals surface area contributed by atoms with Gasteiger partial charge in [-0.1, -0.05) is 30.3 Å². The van der Waals surface area contributed by atoms with Gasteiger partial charge in [0.15, 0.2) is 0 Å². The molecule has 1 aliphatic rings. The number of aromatic nitrogens is 3. The van der Waals surface area contributed by atoms with Crippen molar-refractivity contribution < 1.29 is 9.90 Å². The van der Waals surface area contributed by atoms with Crippen molar-refractivity contribution in [3.05, 3.63) is 72.7 Å². The molecule has 140 valence electrons. The molecule has 1 amide bonds. The smallest absolute Gasteiger partial charge is 0.407 e. The summed E-state index contributed by atoms with van der Waals surface area (Å²) in [5.41, 5.74) is 4.10. The van der Waals surface area contributed by atoms with E-state index in [2.05, 4.69) is 26.3 Å². The first-order chi connectivity index (χ1) is 13.7. The van der Waals surface area contributed by atoms with E-state index in [-0.39, 0.29) is 0 Å². The van der Waals surface area contributed by atoms with Gasteiger partial charge in [0.2, 0.25) is 0 Å². The van der Waals surface area contributed by atoms with Crippen molar-refractivity contribution in [1.82, 2.24) is 19.9 Å². The van der Waals surface area contributed by atoms with Gasteiger partial charge in [0, 0.05) is 31.0 Å². The number of benzene rings is 1. The van der Waals surface area contributed by atoms with Gasteiger partial charge in [0.05, 0.1) is 11.9 Å². The van der Waals surface area contributed by atoms with Gasteiger partial charge in [0.25, 0.3) is 0 Å². The zero-order chi connectivity index (χ0) is 19.3. The van der Waals surface area contributed by atoms with Crippen LogP contribution in [0.2, 0.25) is 0 Å². The minimum atomic E-state index is -0.874. The molecule has 28 heavy (non-hydrogen) atoms. The maximum atomic E-state index is 11.1. The van der Waals surface area contributed by atoms with E-state index in [1.807, 2.05) is 42.5 Å². The molecule has 0 radical (unpaired) electrons. The van der Waals surface area contributed by atoms with E-state index >= 15 is 0 Å². The van der Waals surface area contributed by atoms with E-state index in [0.29, 0.717) is 31.1 Å². The molecule has 4 rings (SSSR count). The lowest BCUT2D eigenvalue weighted by Crippen LogP contribution is -2.33. The van der Waals surface area contributed by atoms with Crippen LogP contribution in [0.3, 0.4) is 0 Å². The minimum Gasteiger partial charge on any atom is -0.465 e. The molecule has 7 nitrogen and oxygen atoms in total. The average molecular weight is 373 g/mol. The number of nitrogens with one attached hydrogen (secondary N) is 1. The molecule has 2 aromatic heterocycles. The van der Waals surface area contributed by atoms with Gasteiger partial charge in [-0.15, -0.1) is 0 Å². The molecule has 0 aliphatic carbocycles. The van der Waals surface area contributed by atoms with E-state index in [0.717, 1.165) is 22.4 Å². The second-order valence-electron chi connectivity index (χ2n) is 6.41. The molecule has 0 unspecified atom stereocenters. The molecule has 0 saturated carbocycles. The van der Waals surface area contributed by atoms with Crippen LogP contribution < -0.4 is 5.32 Å². The Morgan fingerprint density at radius 2 is 1.93 bits per heavy atom. The topological polar surface area (TPSA) is 91.2 Å². The van der Waals surface area contributed by atoms with Crippen LogP contribution in [0, 0.1) is 0 Å². The lowest BCUT2D eigenvalue weighted by Gasteiger charge is -2.24. The lowest BCUT2D eigenvalue weighted by molar-refractivity contribution is 0.150. The molecule has 0 saturated heterocycles. The van der Waals surface area contributed by atoms with Crippen LogP contribution in [-0.4, -0.2) is 44.1 Å². The molecule has 1 aliphatic heterocycles. The van der Waals surface area contributed by atoms with Crippen LogP contribution in [0.5, 0.6) is 0 Å². The predicted molar refractivity (Wildman–Crippen MR) is 107 cm³/mol. The summed E-state index contributed by atoms with van der Waals surface area (Å²) in [5, 5.41) is 12.2. The third-order valence-electron chi connectivity index (χ3n) is 4.58. The second-order valence-corrected chi connectivity index (χ2v) is 6.41. The van der Waals surface area contributed by atoms with Crippen molar-refractivity contribution in [2.75, 3.05) is 18.4 Å². The van der Waals surface area contributed by atoms with E-state index < -0.39 is 6.09 Å². The number of carboxylic acid groups (broad SMARTS) is 1. The SMILES string of the molecule is O=C(O)N1CC=C(c2cccc(-c3cccc(Nc4cnccn4)n3)c2)CC1. The number of pyridine rings is 1. The van der Waals surface area contributed by atoms with Crippen LogP contribution in [-0.2, 0) is 0 Å². The Bertz CT molecular complexity index is 1020. The molecule has 0 spiro atoms. The number of nitrogens with zero attached hydrogens (tertiary/aromatic N) is 4.